The normalized spacial score (nSPS) is 10.3. The first-order chi connectivity index (χ1) is 8.65. The SMILES string of the molecule is COCCOCCNC(=O)c1ccc(N)cc1C. The second kappa shape index (κ2) is 7.68. The fourth-order valence-electron chi connectivity index (χ4n) is 1.52. The minimum Gasteiger partial charge on any atom is -0.399 e. The predicted molar refractivity (Wildman–Crippen MR) is 70.6 cm³/mol. The third-order valence-corrected chi connectivity index (χ3v) is 2.46. The van der Waals surface area contributed by atoms with Crippen molar-refractivity contribution in [2.24, 2.45) is 0 Å². The zero-order valence-corrected chi connectivity index (χ0v) is 10.9. The van der Waals surface area contributed by atoms with Crippen LogP contribution >= 0.6 is 0 Å². The lowest BCUT2D eigenvalue weighted by molar-refractivity contribution is 0.0692. The summed E-state index contributed by atoms with van der Waals surface area (Å²) >= 11 is 0. The molecule has 0 fully saturated rings. The first kappa shape index (κ1) is 14.5. The summed E-state index contributed by atoms with van der Waals surface area (Å²) in [6.07, 6.45) is 0. The minimum atomic E-state index is -0.108. The molecule has 1 aromatic carbocycles. The molecule has 1 rings (SSSR count). The van der Waals surface area contributed by atoms with Crippen molar-refractivity contribution < 1.29 is 14.3 Å². The van der Waals surface area contributed by atoms with Crippen LogP contribution in [0.3, 0.4) is 0 Å². The molecule has 0 radical (unpaired) electrons. The van der Waals surface area contributed by atoms with Gasteiger partial charge in [0.25, 0.3) is 5.91 Å². The molecular formula is C13H20N2O3. The van der Waals surface area contributed by atoms with E-state index in [0.29, 0.717) is 37.6 Å². The van der Waals surface area contributed by atoms with Crippen LogP contribution in [0.4, 0.5) is 5.69 Å². The van der Waals surface area contributed by atoms with Crippen molar-refractivity contribution in [3.8, 4) is 0 Å². The Morgan fingerprint density at radius 2 is 2.11 bits per heavy atom. The molecule has 3 N–H and O–H groups in total. The molecule has 0 aliphatic carbocycles. The first-order valence-corrected chi connectivity index (χ1v) is 5.86. The molecule has 0 aromatic heterocycles. The molecule has 1 aromatic rings. The number of ether oxygens (including phenoxy) is 2. The van der Waals surface area contributed by atoms with Gasteiger partial charge in [-0.15, -0.1) is 0 Å². The van der Waals surface area contributed by atoms with Gasteiger partial charge in [-0.25, -0.2) is 0 Å². The van der Waals surface area contributed by atoms with Gasteiger partial charge in [0.15, 0.2) is 0 Å². The summed E-state index contributed by atoms with van der Waals surface area (Å²) in [6, 6.07) is 5.23. The average Bonchev–Trinajstić information content (AvgIpc) is 2.33. The number of amides is 1. The highest BCUT2D eigenvalue weighted by molar-refractivity contribution is 5.95. The highest BCUT2D eigenvalue weighted by atomic mass is 16.5. The van der Waals surface area contributed by atoms with Gasteiger partial charge in [0.1, 0.15) is 0 Å². The van der Waals surface area contributed by atoms with Crippen molar-refractivity contribution in [3.05, 3.63) is 29.3 Å². The van der Waals surface area contributed by atoms with Crippen LogP contribution in [0.15, 0.2) is 18.2 Å². The van der Waals surface area contributed by atoms with Crippen LogP contribution in [0, 0.1) is 6.92 Å². The standard InChI is InChI=1S/C13H20N2O3/c1-10-9-11(14)3-4-12(10)13(16)15-5-6-18-8-7-17-2/h3-4,9H,5-8,14H2,1-2H3,(H,15,16). The Balaban J connectivity index is 2.32. The molecule has 18 heavy (non-hydrogen) atoms. The lowest BCUT2D eigenvalue weighted by atomic mass is 10.1. The molecule has 0 aliphatic heterocycles. The topological polar surface area (TPSA) is 73.6 Å². The Bertz CT molecular complexity index is 394. The summed E-state index contributed by atoms with van der Waals surface area (Å²) < 4.78 is 10.1. The molecule has 0 aliphatic rings. The molecule has 100 valence electrons. The van der Waals surface area contributed by atoms with Crippen LogP contribution < -0.4 is 11.1 Å². The molecule has 0 heterocycles. The molecular weight excluding hydrogens is 232 g/mol. The number of hydrogen-bond acceptors (Lipinski definition) is 4. The van der Waals surface area contributed by atoms with Gasteiger partial charge in [-0.2, -0.15) is 0 Å². The molecule has 0 spiro atoms. The van der Waals surface area contributed by atoms with Gasteiger partial charge in [0.05, 0.1) is 19.8 Å². The Labute approximate surface area is 107 Å². The highest BCUT2D eigenvalue weighted by Crippen LogP contribution is 2.11. The maximum absolute atomic E-state index is 11.8. The maximum Gasteiger partial charge on any atom is 0.251 e. The van der Waals surface area contributed by atoms with Crippen LogP contribution in [-0.2, 0) is 9.47 Å². The quantitative estimate of drug-likeness (QED) is 0.560. The Morgan fingerprint density at radius 1 is 1.33 bits per heavy atom. The van der Waals surface area contributed by atoms with E-state index in [1.54, 1.807) is 25.3 Å². The molecule has 5 nitrogen and oxygen atoms in total. The molecule has 0 saturated carbocycles. The van der Waals surface area contributed by atoms with Gasteiger partial charge < -0.3 is 20.5 Å². The zero-order valence-electron chi connectivity index (χ0n) is 10.9. The number of hydrogen-bond donors (Lipinski definition) is 2. The lowest BCUT2D eigenvalue weighted by Gasteiger charge is -2.08. The fraction of sp³-hybridized carbons (Fsp3) is 0.462. The molecule has 0 saturated heterocycles. The lowest BCUT2D eigenvalue weighted by Crippen LogP contribution is -2.28. The zero-order chi connectivity index (χ0) is 13.4. The van der Waals surface area contributed by atoms with E-state index in [-0.39, 0.29) is 5.91 Å². The number of aryl methyl sites for hydroxylation is 1. The fourth-order valence-corrected chi connectivity index (χ4v) is 1.52. The smallest absolute Gasteiger partial charge is 0.251 e. The summed E-state index contributed by atoms with van der Waals surface area (Å²) in [6.45, 7) is 3.91. The molecule has 1 amide bonds. The third-order valence-electron chi connectivity index (χ3n) is 2.46. The van der Waals surface area contributed by atoms with E-state index in [4.69, 9.17) is 15.2 Å². The van der Waals surface area contributed by atoms with Gasteiger partial charge in [0.2, 0.25) is 0 Å². The van der Waals surface area contributed by atoms with Gasteiger partial charge in [-0.05, 0) is 30.7 Å². The number of nitrogens with two attached hydrogens (primary N) is 1. The number of nitrogens with one attached hydrogen (secondary N) is 1. The molecule has 0 bridgehead atoms. The van der Waals surface area contributed by atoms with Crippen molar-refractivity contribution >= 4 is 11.6 Å². The minimum absolute atomic E-state index is 0.108. The van der Waals surface area contributed by atoms with Crippen LogP contribution in [0.25, 0.3) is 0 Å². The number of methoxy groups -OCH3 is 1. The van der Waals surface area contributed by atoms with E-state index >= 15 is 0 Å². The van der Waals surface area contributed by atoms with Crippen molar-refractivity contribution in [2.75, 3.05) is 39.2 Å². The van der Waals surface area contributed by atoms with E-state index in [1.165, 1.54) is 0 Å². The van der Waals surface area contributed by atoms with E-state index in [9.17, 15) is 4.79 Å². The number of carbonyl (C=O) groups is 1. The van der Waals surface area contributed by atoms with E-state index in [2.05, 4.69) is 5.32 Å². The summed E-state index contributed by atoms with van der Waals surface area (Å²) in [5.41, 5.74) is 7.80. The van der Waals surface area contributed by atoms with Gasteiger partial charge >= 0.3 is 0 Å². The highest BCUT2D eigenvalue weighted by Gasteiger charge is 2.07. The predicted octanol–water partition coefficient (Wildman–Crippen LogP) is 0.970. The van der Waals surface area contributed by atoms with Gasteiger partial charge in [-0.3, -0.25) is 4.79 Å². The van der Waals surface area contributed by atoms with Crippen LogP contribution in [0.5, 0.6) is 0 Å². The molecule has 0 atom stereocenters. The third kappa shape index (κ3) is 4.73. The first-order valence-electron chi connectivity index (χ1n) is 5.86. The summed E-state index contributed by atoms with van der Waals surface area (Å²) in [7, 11) is 1.62. The summed E-state index contributed by atoms with van der Waals surface area (Å²) in [5.74, 6) is -0.108. The van der Waals surface area contributed by atoms with E-state index in [0.717, 1.165) is 5.56 Å². The Morgan fingerprint density at radius 3 is 2.78 bits per heavy atom. The van der Waals surface area contributed by atoms with Gasteiger partial charge in [0, 0.05) is 24.9 Å². The average molecular weight is 252 g/mol. The Kier molecular flexibility index (Phi) is 6.18. The molecule has 0 unspecified atom stereocenters. The monoisotopic (exact) mass is 252 g/mol. The number of carbonyl (C=O) groups excluding carboxylic acids is 1. The number of anilines is 1. The van der Waals surface area contributed by atoms with Crippen molar-refractivity contribution in [1.82, 2.24) is 5.32 Å². The molecule has 5 heteroatoms. The van der Waals surface area contributed by atoms with E-state index < -0.39 is 0 Å². The summed E-state index contributed by atoms with van der Waals surface area (Å²) in [4.78, 5) is 11.8. The van der Waals surface area contributed by atoms with Crippen molar-refractivity contribution in [3.63, 3.8) is 0 Å². The summed E-state index contributed by atoms with van der Waals surface area (Å²) in [5, 5.41) is 2.79. The Hall–Kier alpha value is -1.59. The second-order valence-corrected chi connectivity index (χ2v) is 3.94. The maximum atomic E-state index is 11.8. The second-order valence-electron chi connectivity index (χ2n) is 3.94. The number of rotatable bonds is 7. The number of nitrogen functional groups attached to an aromatic ring is 1. The van der Waals surface area contributed by atoms with Crippen molar-refractivity contribution in [1.29, 1.82) is 0 Å². The number of benzene rings is 1. The van der Waals surface area contributed by atoms with Gasteiger partial charge in [-0.1, -0.05) is 0 Å². The van der Waals surface area contributed by atoms with Crippen LogP contribution in [0.1, 0.15) is 15.9 Å². The van der Waals surface area contributed by atoms with Crippen LogP contribution in [-0.4, -0.2) is 39.4 Å². The van der Waals surface area contributed by atoms with Crippen molar-refractivity contribution in [2.45, 2.75) is 6.92 Å². The van der Waals surface area contributed by atoms with Crippen LogP contribution in [0.2, 0.25) is 0 Å². The van der Waals surface area contributed by atoms with E-state index in [1.807, 2.05) is 6.92 Å². The largest absolute Gasteiger partial charge is 0.399 e.